The van der Waals surface area contributed by atoms with Crippen LogP contribution in [0, 0.1) is 11.7 Å². The van der Waals surface area contributed by atoms with Gasteiger partial charge in [-0.25, -0.2) is 17.8 Å². The highest BCUT2D eigenvalue weighted by Gasteiger charge is 2.26. The van der Waals surface area contributed by atoms with Gasteiger partial charge in [-0.2, -0.15) is 0 Å². The van der Waals surface area contributed by atoms with Crippen LogP contribution < -0.4 is 15.0 Å². The number of amides is 1. The van der Waals surface area contributed by atoms with Gasteiger partial charge in [0.05, 0.1) is 0 Å². The van der Waals surface area contributed by atoms with Crippen molar-refractivity contribution in [1.82, 2.24) is 15.2 Å². The zero-order chi connectivity index (χ0) is 18.6. The maximum absolute atomic E-state index is 13.0. The van der Waals surface area contributed by atoms with Gasteiger partial charge in [0.1, 0.15) is 16.5 Å². The van der Waals surface area contributed by atoms with Crippen molar-refractivity contribution in [1.29, 1.82) is 0 Å². The van der Waals surface area contributed by atoms with Crippen LogP contribution in [0.4, 0.5) is 4.39 Å². The number of halogens is 1. The van der Waals surface area contributed by atoms with Gasteiger partial charge in [-0.1, -0.05) is 12.8 Å². The summed E-state index contributed by atoms with van der Waals surface area (Å²) in [4.78, 5) is 17.8. The fourth-order valence-corrected chi connectivity index (χ4v) is 3.66. The Balaban J connectivity index is 1.74. The lowest BCUT2D eigenvalue weighted by atomic mass is 10.1. The number of rotatable bonds is 6. The molecular weight excluding hydrogens is 361 g/mol. The number of hydrogen-bond donors (Lipinski definition) is 2. The van der Waals surface area contributed by atoms with E-state index in [2.05, 4.69) is 15.2 Å². The molecular formula is C17H18FN3O4S. The molecule has 0 radical (unpaired) electrons. The number of aromatic nitrogens is 1. The van der Waals surface area contributed by atoms with E-state index in [9.17, 15) is 17.6 Å². The second-order valence-electron chi connectivity index (χ2n) is 5.94. The van der Waals surface area contributed by atoms with Crippen molar-refractivity contribution in [3.63, 3.8) is 0 Å². The summed E-state index contributed by atoms with van der Waals surface area (Å²) >= 11 is 0. The molecule has 26 heavy (non-hydrogen) atoms. The molecule has 1 heterocycles. The van der Waals surface area contributed by atoms with Gasteiger partial charge in [-0.05, 0) is 49.2 Å². The second-order valence-corrected chi connectivity index (χ2v) is 7.59. The predicted molar refractivity (Wildman–Crippen MR) is 91.1 cm³/mol. The van der Waals surface area contributed by atoms with E-state index < -0.39 is 15.8 Å². The third kappa shape index (κ3) is 4.36. The minimum Gasteiger partial charge on any atom is -0.438 e. The van der Waals surface area contributed by atoms with Gasteiger partial charge in [0.25, 0.3) is 10.0 Å². The van der Waals surface area contributed by atoms with Gasteiger partial charge < -0.3 is 4.74 Å². The molecule has 0 unspecified atom stereocenters. The largest absolute Gasteiger partial charge is 0.438 e. The average molecular weight is 379 g/mol. The van der Waals surface area contributed by atoms with Gasteiger partial charge in [0.15, 0.2) is 0 Å². The van der Waals surface area contributed by atoms with Crippen molar-refractivity contribution in [3.8, 4) is 11.6 Å². The van der Waals surface area contributed by atoms with Crippen molar-refractivity contribution < 1.29 is 22.3 Å². The number of sulfonamides is 1. The summed E-state index contributed by atoms with van der Waals surface area (Å²) in [6, 6.07) is 7.82. The van der Waals surface area contributed by atoms with E-state index in [1.807, 2.05) is 0 Å². The fraction of sp³-hybridized carbons (Fsp3) is 0.294. The summed E-state index contributed by atoms with van der Waals surface area (Å²) in [7, 11) is -4.09. The van der Waals surface area contributed by atoms with E-state index in [0.717, 1.165) is 25.7 Å². The van der Waals surface area contributed by atoms with Crippen LogP contribution in [0.3, 0.4) is 0 Å². The third-order valence-electron chi connectivity index (χ3n) is 4.09. The quantitative estimate of drug-likeness (QED) is 0.752. The number of benzene rings is 1. The summed E-state index contributed by atoms with van der Waals surface area (Å²) in [5.74, 6) is -0.918. The Bertz CT molecular complexity index is 881. The van der Waals surface area contributed by atoms with Crippen molar-refractivity contribution in [3.05, 3.63) is 48.4 Å². The van der Waals surface area contributed by atoms with Crippen LogP contribution in [0.1, 0.15) is 25.7 Å². The number of ether oxygens (including phenoxy) is 1. The highest BCUT2D eigenvalue weighted by molar-refractivity contribution is 7.89. The summed E-state index contributed by atoms with van der Waals surface area (Å²) in [5, 5.41) is 0. The topological polar surface area (TPSA) is 97.4 Å². The van der Waals surface area contributed by atoms with Crippen molar-refractivity contribution in [2.45, 2.75) is 30.6 Å². The highest BCUT2D eigenvalue weighted by atomic mass is 32.2. The zero-order valence-electron chi connectivity index (χ0n) is 13.8. The summed E-state index contributed by atoms with van der Waals surface area (Å²) in [6.07, 6.45) is 4.79. The Labute approximate surface area is 150 Å². The Morgan fingerprint density at radius 2 is 1.85 bits per heavy atom. The first-order chi connectivity index (χ1) is 12.5. The summed E-state index contributed by atoms with van der Waals surface area (Å²) in [5.41, 5.74) is 2.25. The van der Waals surface area contributed by atoms with Gasteiger partial charge >= 0.3 is 0 Å². The van der Waals surface area contributed by atoms with Crippen molar-refractivity contribution in [2.24, 2.45) is 5.92 Å². The Morgan fingerprint density at radius 1 is 1.15 bits per heavy atom. The van der Waals surface area contributed by atoms with Crippen LogP contribution in [0.2, 0.25) is 0 Å². The molecule has 2 N–H and O–H groups in total. The lowest BCUT2D eigenvalue weighted by Crippen LogP contribution is -2.44. The lowest BCUT2D eigenvalue weighted by molar-refractivity contribution is -0.125. The smallest absolute Gasteiger partial charge is 0.262 e. The maximum Gasteiger partial charge on any atom is 0.262 e. The van der Waals surface area contributed by atoms with E-state index in [1.54, 1.807) is 0 Å². The number of nitrogens with one attached hydrogen (secondary N) is 2. The number of pyridine rings is 1. The molecule has 0 atom stereocenters. The van der Waals surface area contributed by atoms with E-state index in [-0.39, 0.29) is 28.4 Å². The van der Waals surface area contributed by atoms with Gasteiger partial charge in [-0.15, -0.1) is 4.83 Å². The second kappa shape index (κ2) is 7.79. The molecule has 0 saturated heterocycles. The molecule has 0 spiro atoms. The van der Waals surface area contributed by atoms with Crippen LogP contribution in [0.25, 0.3) is 0 Å². The van der Waals surface area contributed by atoms with Crippen molar-refractivity contribution in [2.75, 3.05) is 0 Å². The molecule has 1 amide bonds. The number of hydrazine groups is 1. The number of carbonyl (C=O) groups is 1. The minimum atomic E-state index is -4.09. The molecule has 0 aliphatic heterocycles. The maximum atomic E-state index is 13.0. The number of hydrogen-bond acceptors (Lipinski definition) is 5. The van der Waals surface area contributed by atoms with Gasteiger partial charge in [-0.3, -0.25) is 10.2 Å². The van der Waals surface area contributed by atoms with Crippen LogP contribution >= 0.6 is 0 Å². The van der Waals surface area contributed by atoms with E-state index in [1.165, 1.54) is 42.6 Å². The summed E-state index contributed by atoms with van der Waals surface area (Å²) in [6.45, 7) is 0. The first-order valence-electron chi connectivity index (χ1n) is 8.16. The van der Waals surface area contributed by atoms with Crippen LogP contribution in [-0.4, -0.2) is 19.3 Å². The summed E-state index contributed by atoms with van der Waals surface area (Å²) < 4.78 is 43.5. The molecule has 0 bridgehead atoms. The highest BCUT2D eigenvalue weighted by Crippen LogP contribution is 2.27. The van der Waals surface area contributed by atoms with Crippen LogP contribution in [-0.2, 0) is 14.8 Å². The molecule has 3 rings (SSSR count). The SMILES string of the molecule is O=C(NNS(=O)(=O)c1cccnc1Oc1ccc(F)cc1)C1CCCC1. The fourth-order valence-electron chi connectivity index (χ4n) is 2.73. The minimum absolute atomic E-state index is 0.179. The molecule has 1 aliphatic carbocycles. The Kier molecular flexibility index (Phi) is 5.48. The Hall–Kier alpha value is -2.52. The Morgan fingerprint density at radius 3 is 2.54 bits per heavy atom. The molecule has 1 aromatic carbocycles. The van der Waals surface area contributed by atoms with Crippen LogP contribution in [0.5, 0.6) is 11.6 Å². The molecule has 2 aromatic rings. The van der Waals surface area contributed by atoms with E-state index >= 15 is 0 Å². The molecule has 9 heteroatoms. The van der Waals surface area contributed by atoms with Gasteiger partial charge in [0, 0.05) is 12.1 Å². The first kappa shape index (κ1) is 18.3. The molecule has 1 aromatic heterocycles. The average Bonchev–Trinajstić information content (AvgIpc) is 3.17. The third-order valence-corrected chi connectivity index (χ3v) is 5.35. The molecule has 7 nitrogen and oxygen atoms in total. The van der Waals surface area contributed by atoms with E-state index in [4.69, 9.17) is 4.74 Å². The van der Waals surface area contributed by atoms with Gasteiger partial charge in [0.2, 0.25) is 11.8 Å². The zero-order valence-corrected chi connectivity index (χ0v) is 14.6. The lowest BCUT2D eigenvalue weighted by Gasteiger charge is -2.14. The standard InChI is InChI=1S/C17H18FN3O4S/c18-13-7-9-14(10-8-13)25-17-15(6-3-11-19-17)26(23,24)21-20-16(22)12-4-1-2-5-12/h3,6-12,21H,1-2,4-5H2,(H,20,22). The number of carbonyl (C=O) groups excluding carboxylic acids is 1. The predicted octanol–water partition coefficient (Wildman–Crippen LogP) is 2.51. The monoisotopic (exact) mass is 379 g/mol. The first-order valence-corrected chi connectivity index (χ1v) is 9.64. The molecule has 138 valence electrons. The normalized spacial score (nSPS) is 15.0. The molecule has 1 fully saturated rings. The molecule has 1 aliphatic rings. The van der Waals surface area contributed by atoms with E-state index in [0.29, 0.717) is 0 Å². The van der Waals surface area contributed by atoms with Crippen LogP contribution in [0.15, 0.2) is 47.5 Å². The number of nitrogens with zero attached hydrogens (tertiary/aromatic N) is 1. The molecule has 1 saturated carbocycles. The van der Waals surface area contributed by atoms with Crippen molar-refractivity contribution >= 4 is 15.9 Å².